The van der Waals surface area contributed by atoms with Gasteiger partial charge >= 0.3 is 0 Å². The van der Waals surface area contributed by atoms with E-state index in [0.29, 0.717) is 0 Å². The summed E-state index contributed by atoms with van der Waals surface area (Å²) in [7, 11) is 2.12. The van der Waals surface area contributed by atoms with Crippen LogP contribution < -0.4 is 4.57 Å². The molecule has 0 aliphatic rings. The number of pyridine rings is 1. The highest BCUT2D eigenvalue weighted by Crippen LogP contribution is 2.22. The first kappa shape index (κ1) is 11.8. The Hall–Kier alpha value is -1.63. The van der Waals surface area contributed by atoms with E-state index in [2.05, 4.69) is 75.0 Å². The average molecular weight is 226 g/mol. The van der Waals surface area contributed by atoms with Crippen LogP contribution in [-0.4, -0.2) is 0 Å². The largest absolute Gasteiger partial charge is 0.204 e. The van der Waals surface area contributed by atoms with Crippen molar-refractivity contribution < 1.29 is 4.57 Å². The molecule has 17 heavy (non-hydrogen) atoms. The lowest BCUT2D eigenvalue weighted by molar-refractivity contribution is -0.681. The standard InChI is InChI=1S/C16H20N/c1-16(2,3)15-11-10-14(12-17(15)4)13-8-6-5-7-9-13/h5-12H,1-4H3/q+1. The molecule has 0 N–H and O–H groups in total. The Labute approximate surface area is 104 Å². The summed E-state index contributed by atoms with van der Waals surface area (Å²) in [4.78, 5) is 0. The molecule has 0 radical (unpaired) electrons. The summed E-state index contributed by atoms with van der Waals surface area (Å²) in [6.45, 7) is 6.72. The molecule has 1 nitrogen and oxygen atoms in total. The molecule has 0 atom stereocenters. The Morgan fingerprint density at radius 2 is 1.47 bits per heavy atom. The Morgan fingerprint density at radius 3 is 2.00 bits per heavy atom. The second kappa shape index (κ2) is 4.33. The molecule has 0 aliphatic carbocycles. The maximum atomic E-state index is 2.24. The summed E-state index contributed by atoms with van der Waals surface area (Å²) < 4.78 is 2.22. The smallest absolute Gasteiger partial charge is 0.186 e. The zero-order chi connectivity index (χ0) is 12.5. The molecule has 0 bridgehead atoms. The van der Waals surface area contributed by atoms with E-state index in [1.807, 2.05) is 6.07 Å². The molecule has 0 aliphatic heterocycles. The van der Waals surface area contributed by atoms with Gasteiger partial charge in [-0.15, -0.1) is 0 Å². The van der Waals surface area contributed by atoms with Gasteiger partial charge in [-0.3, -0.25) is 0 Å². The molecule has 0 spiro atoms. The van der Waals surface area contributed by atoms with Crippen molar-refractivity contribution in [3.05, 3.63) is 54.4 Å². The molecule has 0 fully saturated rings. The van der Waals surface area contributed by atoms with Crippen molar-refractivity contribution in [1.82, 2.24) is 0 Å². The van der Waals surface area contributed by atoms with Crippen molar-refractivity contribution in [3.8, 4) is 11.1 Å². The number of rotatable bonds is 1. The van der Waals surface area contributed by atoms with Crippen molar-refractivity contribution >= 4 is 0 Å². The minimum atomic E-state index is 0.184. The van der Waals surface area contributed by atoms with Crippen LogP contribution in [0.25, 0.3) is 11.1 Å². The zero-order valence-electron chi connectivity index (χ0n) is 11.1. The molecule has 2 aromatic rings. The summed E-state index contributed by atoms with van der Waals surface area (Å²) >= 11 is 0. The van der Waals surface area contributed by atoms with E-state index in [0.717, 1.165) is 0 Å². The van der Waals surface area contributed by atoms with E-state index in [4.69, 9.17) is 0 Å². The molecule has 0 saturated carbocycles. The molecule has 1 aromatic carbocycles. The summed E-state index contributed by atoms with van der Waals surface area (Å²) in [5, 5.41) is 0. The summed E-state index contributed by atoms with van der Waals surface area (Å²) in [5.41, 5.74) is 4.06. The highest BCUT2D eigenvalue weighted by molar-refractivity contribution is 5.61. The first-order valence-corrected chi connectivity index (χ1v) is 6.04. The van der Waals surface area contributed by atoms with Crippen LogP contribution >= 0.6 is 0 Å². The minimum absolute atomic E-state index is 0.184. The van der Waals surface area contributed by atoms with Gasteiger partial charge in [0.2, 0.25) is 0 Å². The van der Waals surface area contributed by atoms with Gasteiger partial charge in [0.05, 0.1) is 0 Å². The summed E-state index contributed by atoms with van der Waals surface area (Å²) in [6, 6.07) is 14.9. The first-order valence-electron chi connectivity index (χ1n) is 6.04. The van der Waals surface area contributed by atoms with Crippen molar-refractivity contribution in [3.63, 3.8) is 0 Å². The lowest BCUT2D eigenvalue weighted by atomic mass is 9.90. The third-order valence-electron chi connectivity index (χ3n) is 3.01. The molecule has 1 aromatic heterocycles. The average Bonchev–Trinajstić information content (AvgIpc) is 2.28. The molecule has 2 rings (SSSR count). The predicted molar refractivity (Wildman–Crippen MR) is 71.8 cm³/mol. The van der Waals surface area contributed by atoms with Crippen molar-refractivity contribution in [1.29, 1.82) is 0 Å². The van der Waals surface area contributed by atoms with Crippen LogP contribution in [0.4, 0.5) is 0 Å². The fourth-order valence-electron chi connectivity index (χ4n) is 2.19. The number of aryl methyl sites for hydroxylation is 1. The van der Waals surface area contributed by atoms with Crippen LogP contribution in [-0.2, 0) is 12.5 Å². The monoisotopic (exact) mass is 226 g/mol. The number of nitrogens with zero attached hydrogens (tertiary/aromatic N) is 1. The van der Waals surface area contributed by atoms with Crippen LogP contribution in [0, 0.1) is 0 Å². The molecule has 1 heteroatoms. The number of hydrogen-bond donors (Lipinski definition) is 0. The predicted octanol–water partition coefficient (Wildman–Crippen LogP) is 3.48. The van der Waals surface area contributed by atoms with E-state index >= 15 is 0 Å². The quantitative estimate of drug-likeness (QED) is 0.655. The van der Waals surface area contributed by atoms with E-state index < -0.39 is 0 Å². The topological polar surface area (TPSA) is 3.88 Å². The molecular formula is C16H20N+. The second-order valence-corrected chi connectivity index (χ2v) is 5.53. The summed E-state index contributed by atoms with van der Waals surface area (Å²) in [5.74, 6) is 0. The molecular weight excluding hydrogens is 206 g/mol. The Bertz CT molecular complexity index is 507. The van der Waals surface area contributed by atoms with Crippen LogP contribution in [0.5, 0.6) is 0 Å². The van der Waals surface area contributed by atoms with Gasteiger partial charge in [-0.2, -0.15) is 0 Å². The van der Waals surface area contributed by atoms with Gasteiger partial charge in [0.25, 0.3) is 0 Å². The van der Waals surface area contributed by atoms with Crippen LogP contribution in [0.1, 0.15) is 26.5 Å². The Morgan fingerprint density at radius 1 is 0.824 bits per heavy atom. The molecule has 1 heterocycles. The van der Waals surface area contributed by atoms with Crippen LogP contribution in [0.2, 0.25) is 0 Å². The van der Waals surface area contributed by atoms with Gasteiger partial charge in [-0.1, -0.05) is 51.1 Å². The van der Waals surface area contributed by atoms with E-state index in [-0.39, 0.29) is 5.41 Å². The van der Waals surface area contributed by atoms with E-state index in [9.17, 15) is 0 Å². The van der Waals surface area contributed by atoms with Crippen LogP contribution in [0.3, 0.4) is 0 Å². The molecule has 0 unspecified atom stereocenters. The van der Waals surface area contributed by atoms with Gasteiger partial charge in [0, 0.05) is 17.0 Å². The number of aromatic nitrogens is 1. The highest BCUT2D eigenvalue weighted by atomic mass is 14.9. The highest BCUT2D eigenvalue weighted by Gasteiger charge is 2.23. The van der Waals surface area contributed by atoms with Gasteiger partial charge in [-0.25, -0.2) is 4.57 Å². The van der Waals surface area contributed by atoms with Gasteiger partial charge < -0.3 is 0 Å². The van der Waals surface area contributed by atoms with Gasteiger partial charge in [0.15, 0.2) is 11.9 Å². The maximum absolute atomic E-state index is 2.24. The van der Waals surface area contributed by atoms with Crippen molar-refractivity contribution in [2.24, 2.45) is 7.05 Å². The third kappa shape index (κ3) is 2.55. The van der Waals surface area contributed by atoms with E-state index in [1.165, 1.54) is 16.8 Å². The molecule has 0 saturated heterocycles. The first-order chi connectivity index (χ1) is 7.98. The van der Waals surface area contributed by atoms with Crippen LogP contribution in [0.15, 0.2) is 48.7 Å². The van der Waals surface area contributed by atoms with E-state index in [1.54, 1.807) is 0 Å². The van der Waals surface area contributed by atoms with Crippen molar-refractivity contribution in [2.75, 3.05) is 0 Å². The SMILES string of the molecule is C[n+]1cc(-c2ccccc2)ccc1C(C)(C)C. The maximum Gasteiger partial charge on any atom is 0.186 e. The lowest BCUT2D eigenvalue weighted by Crippen LogP contribution is -2.39. The Kier molecular flexibility index (Phi) is 3.01. The van der Waals surface area contributed by atoms with Crippen molar-refractivity contribution in [2.45, 2.75) is 26.2 Å². The minimum Gasteiger partial charge on any atom is -0.204 e. The fourth-order valence-corrected chi connectivity index (χ4v) is 2.19. The molecule has 0 amide bonds. The van der Waals surface area contributed by atoms with Gasteiger partial charge in [0.1, 0.15) is 7.05 Å². The second-order valence-electron chi connectivity index (χ2n) is 5.53. The zero-order valence-corrected chi connectivity index (χ0v) is 11.1. The summed E-state index contributed by atoms with van der Waals surface area (Å²) in [6.07, 6.45) is 2.20. The number of benzene rings is 1. The lowest BCUT2D eigenvalue weighted by Gasteiger charge is -2.15. The Balaban J connectivity index is 2.45. The normalized spacial score (nSPS) is 11.5. The molecule has 88 valence electrons. The third-order valence-corrected chi connectivity index (χ3v) is 3.01. The number of hydrogen-bond acceptors (Lipinski definition) is 0. The van der Waals surface area contributed by atoms with Gasteiger partial charge in [-0.05, 0) is 11.6 Å². The fraction of sp³-hybridized carbons (Fsp3) is 0.312.